The Balaban J connectivity index is 2.30. The molecule has 0 bridgehead atoms. The van der Waals surface area contributed by atoms with Crippen LogP contribution in [-0.4, -0.2) is 29.9 Å². The average Bonchev–Trinajstić information content (AvgIpc) is 2.58. The van der Waals surface area contributed by atoms with E-state index in [4.69, 9.17) is 9.47 Å². The average molecular weight is 354 g/mol. The third kappa shape index (κ3) is 13.6. The zero-order chi connectivity index (χ0) is 18.2. The monoisotopic (exact) mass is 354 g/mol. The van der Waals surface area contributed by atoms with E-state index in [-0.39, 0.29) is 12.6 Å². The van der Waals surface area contributed by atoms with E-state index in [1.54, 1.807) is 0 Å². The largest absolute Gasteiger partial charge is 0.459 e. The maximum Gasteiger partial charge on any atom is 0.308 e. The number of aliphatic hydroxyl groups is 1. The van der Waals surface area contributed by atoms with Gasteiger partial charge in [0.2, 0.25) is 6.29 Å². The Morgan fingerprint density at radius 1 is 0.720 bits per heavy atom. The van der Waals surface area contributed by atoms with Gasteiger partial charge in [-0.1, -0.05) is 50.7 Å². The van der Waals surface area contributed by atoms with Crippen LogP contribution in [0.3, 0.4) is 0 Å². The number of aliphatic hydroxyl groups excluding tert-OH is 1. The SMILES string of the molecule is O=C1CCCCCCC/C=C\CCCCCCCC(=O)OC(O)CO1. The molecule has 0 spiro atoms. The summed E-state index contributed by atoms with van der Waals surface area (Å²) in [4.78, 5) is 23.2. The number of hydrogen-bond donors (Lipinski definition) is 1. The fourth-order valence-corrected chi connectivity index (χ4v) is 2.84. The predicted molar refractivity (Wildman–Crippen MR) is 96.8 cm³/mol. The van der Waals surface area contributed by atoms with Crippen LogP contribution >= 0.6 is 0 Å². The Morgan fingerprint density at radius 3 is 1.80 bits per heavy atom. The Labute approximate surface area is 151 Å². The van der Waals surface area contributed by atoms with E-state index in [2.05, 4.69) is 12.2 Å². The van der Waals surface area contributed by atoms with Gasteiger partial charge in [-0.3, -0.25) is 9.59 Å². The van der Waals surface area contributed by atoms with Crippen LogP contribution in [0.15, 0.2) is 12.2 Å². The van der Waals surface area contributed by atoms with Crippen molar-refractivity contribution in [3.05, 3.63) is 12.2 Å². The molecule has 5 heteroatoms. The van der Waals surface area contributed by atoms with Gasteiger partial charge in [-0.2, -0.15) is 0 Å². The highest BCUT2D eigenvalue weighted by molar-refractivity contribution is 5.70. The summed E-state index contributed by atoms with van der Waals surface area (Å²) < 4.78 is 9.78. The molecule has 1 unspecified atom stereocenters. The predicted octanol–water partition coefficient (Wildman–Crippen LogP) is 4.42. The lowest BCUT2D eigenvalue weighted by atomic mass is 10.1. The summed E-state index contributed by atoms with van der Waals surface area (Å²) in [6.45, 7) is -0.281. The van der Waals surface area contributed by atoms with E-state index in [1.165, 1.54) is 25.7 Å². The van der Waals surface area contributed by atoms with Gasteiger partial charge in [0.25, 0.3) is 0 Å². The van der Waals surface area contributed by atoms with Crippen LogP contribution in [0.5, 0.6) is 0 Å². The van der Waals surface area contributed by atoms with Gasteiger partial charge in [0, 0.05) is 12.8 Å². The molecular formula is C20H34O5. The summed E-state index contributed by atoms with van der Waals surface area (Å²) in [6.07, 6.45) is 16.7. The van der Waals surface area contributed by atoms with Crippen LogP contribution in [-0.2, 0) is 19.1 Å². The van der Waals surface area contributed by atoms with Crippen molar-refractivity contribution < 1.29 is 24.2 Å². The first-order chi connectivity index (χ1) is 12.2. The van der Waals surface area contributed by atoms with Gasteiger partial charge in [0.05, 0.1) is 0 Å². The molecule has 25 heavy (non-hydrogen) atoms. The van der Waals surface area contributed by atoms with Crippen molar-refractivity contribution in [1.29, 1.82) is 0 Å². The quantitative estimate of drug-likeness (QED) is 0.515. The molecule has 5 nitrogen and oxygen atoms in total. The summed E-state index contributed by atoms with van der Waals surface area (Å²) in [5.74, 6) is -0.784. The molecule has 1 atom stereocenters. The number of hydrogen-bond acceptors (Lipinski definition) is 5. The summed E-state index contributed by atoms with van der Waals surface area (Å²) in [5.41, 5.74) is 0. The van der Waals surface area contributed by atoms with Gasteiger partial charge < -0.3 is 14.6 Å². The zero-order valence-corrected chi connectivity index (χ0v) is 15.4. The molecule has 0 amide bonds. The number of carbonyl (C=O) groups excluding carboxylic acids is 2. The van der Waals surface area contributed by atoms with Crippen molar-refractivity contribution in [3.8, 4) is 0 Å². The van der Waals surface area contributed by atoms with Crippen LogP contribution in [0, 0.1) is 0 Å². The molecule has 144 valence electrons. The van der Waals surface area contributed by atoms with Gasteiger partial charge in [-0.25, -0.2) is 0 Å². The number of esters is 2. The molecule has 0 radical (unpaired) electrons. The molecule has 1 rings (SSSR count). The lowest BCUT2D eigenvalue weighted by Crippen LogP contribution is -2.24. The Hall–Kier alpha value is -1.36. The molecule has 0 aromatic heterocycles. The molecule has 1 heterocycles. The van der Waals surface area contributed by atoms with E-state index in [9.17, 15) is 14.7 Å². The maximum atomic E-state index is 11.6. The third-order valence-corrected chi connectivity index (χ3v) is 4.32. The summed E-state index contributed by atoms with van der Waals surface area (Å²) in [7, 11) is 0. The molecule has 0 fully saturated rings. The first kappa shape index (κ1) is 21.7. The zero-order valence-electron chi connectivity index (χ0n) is 15.4. The molecule has 1 aliphatic rings. The van der Waals surface area contributed by atoms with Gasteiger partial charge in [0.15, 0.2) is 6.61 Å². The minimum absolute atomic E-state index is 0.281. The highest BCUT2D eigenvalue weighted by Crippen LogP contribution is 2.11. The lowest BCUT2D eigenvalue weighted by Gasteiger charge is -2.12. The van der Waals surface area contributed by atoms with Crippen molar-refractivity contribution in [2.75, 3.05) is 6.61 Å². The molecular weight excluding hydrogens is 320 g/mol. The minimum atomic E-state index is -1.36. The van der Waals surface area contributed by atoms with Crippen LogP contribution in [0.25, 0.3) is 0 Å². The number of cyclic esters (lactones) is 2. The summed E-state index contributed by atoms with van der Waals surface area (Å²) in [6, 6.07) is 0. The van der Waals surface area contributed by atoms with E-state index in [0.717, 1.165) is 51.4 Å². The van der Waals surface area contributed by atoms with Crippen molar-refractivity contribution in [2.45, 2.75) is 96.2 Å². The summed E-state index contributed by atoms with van der Waals surface area (Å²) in [5, 5.41) is 9.59. The van der Waals surface area contributed by atoms with Crippen LogP contribution in [0.4, 0.5) is 0 Å². The molecule has 1 N–H and O–H groups in total. The maximum absolute atomic E-state index is 11.6. The van der Waals surface area contributed by atoms with Crippen molar-refractivity contribution in [2.24, 2.45) is 0 Å². The number of ether oxygens (including phenoxy) is 2. The van der Waals surface area contributed by atoms with Crippen LogP contribution in [0.1, 0.15) is 89.9 Å². The molecule has 0 aromatic carbocycles. The highest BCUT2D eigenvalue weighted by Gasteiger charge is 2.13. The van der Waals surface area contributed by atoms with E-state index in [1.807, 2.05) is 0 Å². The third-order valence-electron chi connectivity index (χ3n) is 4.32. The molecule has 0 aromatic rings. The first-order valence-electron chi connectivity index (χ1n) is 9.86. The van der Waals surface area contributed by atoms with Crippen molar-refractivity contribution >= 4 is 11.9 Å². The lowest BCUT2D eigenvalue weighted by molar-refractivity contribution is -0.182. The smallest absolute Gasteiger partial charge is 0.308 e. The van der Waals surface area contributed by atoms with Crippen LogP contribution < -0.4 is 0 Å². The Bertz CT molecular complexity index is 392. The number of rotatable bonds is 0. The second-order valence-corrected chi connectivity index (χ2v) is 6.71. The van der Waals surface area contributed by atoms with E-state index < -0.39 is 12.3 Å². The van der Waals surface area contributed by atoms with Crippen molar-refractivity contribution in [1.82, 2.24) is 0 Å². The fourth-order valence-electron chi connectivity index (χ4n) is 2.84. The number of allylic oxidation sites excluding steroid dienone is 2. The normalized spacial score (nSPS) is 25.7. The number of carbonyl (C=O) groups is 2. The van der Waals surface area contributed by atoms with E-state index in [0.29, 0.717) is 12.8 Å². The van der Waals surface area contributed by atoms with Gasteiger partial charge in [0.1, 0.15) is 0 Å². The second kappa shape index (κ2) is 14.9. The topological polar surface area (TPSA) is 72.8 Å². The molecule has 0 saturated heterocycles. The Kier molecular flexibility index (Phi) is 13.0. The molecule has 0 aliphatic carbocycles. The second-order valence-electron chi connectivity index (χ2n) is 6.71. The molecule has 1 aliphatic heterocycles. The Morgan fingerprint density at radius 2 is 1.20 bits per heavy atom. The highest BCUT2D eigenvalue weighted by atomic mass is 16.7. The van der Waals surface area contributed by atoms with Gasteiger partial charge in [-0.15, -0.1) is 0 Å². The van der Waals surface area contributed by atoms with Gasteiger partial charge >= 0.3 is 11.9 Å². The van der Waals surface area contributed by atoms with E-state index >= 15 is 0 Å². The summed E-state index contributed by atoms with van der Waals surface area (Å²) >= 11 is 0. The standard InChI is InChI=1S/C20H34O5/c21-18-15-13-11-9-7-5-3-1-2-4-6-8-10-12-14-16-19(22)25-20(23)17-24-18/h1-2,20,23H,3-17H2/b2-1-. The molecule has 0 saturated carbocycles. The van der Waals surface area contributed by atoms with Crippen molar-refractivity contribution in [3.63, 3.8) is 0 Å². The fraction of sp³-hybridized carbons (Fsp3) is 0.800. The van der Waals surface area contributed by atoms with Gasteiger partial charge in [-0.05, 0) is 38.5 Å². The minimum Gasteiger partial charge on any atom is -0.459 e. The first-order valence-corrected chi connectivity index (χ1v) is 9.86. The van der Waals surface area contributed by atoms with Crippen LogP contribution in [0.2, 0.25) is 0 Å².